The Bertz CT molecular complexity index is 145. The van der Waals surface area contributed by atoms with E-state index in [4.69, 9.17) is 9.47 Å². The van der Waals surface area contributed by atoms with Gasteiger partial charge < -0.3 is 19.7 Å². The Morgan fingerprint density at radius 1 is 1.27 bits per heavy atom. The molecule has 0 amide bonds. The predicted molar refractivity (Wildman–Crippen MR) is 44.4 cm³/mol. The van der Waals surface area contributed by atoms with Crippen molar-refractivity contribution in [3.63, 3.8) is 0 Å². The first kappa shape index (κ1) is 8.18. The molecule has 2 unspecified atom stereocenters. The van der Waals surface area contributed by atoms with E-state index in [0.717, 1.165) is 0 Å². The van der Waals surface area contributed by atoms with E-state index in [1.807, 2.05) is 22.6 Å². The van der Waals surface area contributed by atoms with Crippen LogP contribution in [-0.4, -0.2) is 45.3 Å². The summed E-state index contributed by atoms with van der Waals surface area (Å²) in [5.41, 5.74) is 0. The van der Waals surface area contributed by atoms with Crippen LogP contribution in [0.25, 0.3) is 0 Å². The van der Waals surface area contributed by atoms with Gasteiger partial charge >= 0.3 is 0 Å². The molecule has 2 bridgehead atoms. The second kappa shape index (κ2) is 2.81. The molecular formula is C6H9IO4. The highest BCUT2D eigenvalue weighted by Gasteiger charge is 2.48. The lowest BCUT2D eigenvalue weighted by Crippen LogP contribution is -2.51. The first-order valence-electron chi connectivity index (χ1n) is 3.47. The molecule has 2 aliphatic rings. The molecule has 2 rings (SSSR count). The van der Waals surface area contributed by atoms with Crippen molar-refractivity contribution < 1.29 is 19.7 Å². The van der Waals surface area contributed by atoms with Gasteiger partial charge in [0.2, 0.25) is 0 Å². The van der Waals surface area contributed by atoms with Gasteiger partial charge in [-0.1, -0.05) is 22.6 Å². The Balaban J connectivity index is 2.16. The Morgan fingerprint density at radius 2 is 2.00 bits per heavy atom. The molecule has 2 saturated heterocycles. The fourth-order valence-corrected chi connectivity index (χ4v) is 2.16. The average Bonchev–Trinajstić information content (AvgIpc) is 2.44. The van der Waals surface area contributed by atoms with Crippen LogP contribution < -0.4 is 0 Å². The van der Waals surface area contributed by atoms with E-state index in [1.165, 1.54) is 0 Å². The molecule has 5 atom stereocenters. The maximum atomic E-state index is 9.41. The molecule has 4 nitrogen and oxygen atoms in total. The molecule has 2 heterocycles. The Morgan fingerprint density at radius 3 is 2.73 bits per heavy atom. The second-order valence-electron chi connectivity index (χ2n) is 2.80. The van der Waals surface area contributed by atoms with Crippen molar-refractivity contribution in [1.29, 1.82) is 0 Å². The quantitative estimate of drug-likeness (QED) is 0.451. The molecular weight excluding hydrogens is 263 g/mol. The standard InChI is InChI=1S/C6H9IO4/c7-3-5(9)4(8)2-1-10-6(3)11-2/h2-6,8-9H,1H2/t2-,3+,4-,5?,6?/m1/s1. The van der Waals surface area contributed by atoms with Crippen LogP contribution in [-0.2, 0) is 9.47 Å². The van der Waals surface area contributed by atoms with Gasteiger partial charge in [0.15, 0.2) is 6.29 Å². The predicted octanol–water partition coefficient (Wildman–Crippen LogP) is -0.733. The van der Waals surface area contributed by atoms with Crippen LogP contribution >= 0.6 is 22.6 Å². The average molecular weight is 272 g/mol. The number of rotatable bonds is 0. The zero-order valence-corrected chi connectivity index (χ0v) is 7.84. The van der Waals surface area contributed by atoms with Crippen molar-refractivity contribution in [3.05, 3.63) is 0 Å². The number of ether oxygens (including phenoxy) is 2. The summed E-state index contributed by atoms with van der Waals surface area (Å²) in [6.45, 7) is 0.391. The molecule has 0 aliphatic carbocycles. The number of halogens is 1. The van der Waals surface area contributed by atoms with Crippen LogP contribution in [0.3, 0.4) is 0 Å². The Labute approximate surface area is 77.6 Å². The van der Waals surface area contributed by atoms with Crippen LogP contribution in [0.2, 0.25) is 0 Å². The van der Waals surface area contributed by atoms with Crippen molar-refractivity contribution in [2.24, 2.45) is 0 Å². The highest BCUT2D eigenvalue weighted by Crippen LogP contribution is 2.32. The lowest BCUT2D eigenvalue weighted by atomic mass is 10.0. The molecule has 0 aromatic heterocycles. The monoisotopic (exact) mass is 272 g/mol. The van der Waals surface area contributed by atoms with Gasteiger partial charge in [-0.25, -0.2) is 0 Å². The third kappa shape index (κ3) is 1.19. The molecule has 0 radical (unpaired) electrons. The van der Waals surface area contributed by atoms with Crippen molar-refractivity contribution in [2.75, 3.05) is 6.61 Å². The minimum absolute atomic E-state index is 0.165. The van der Waals surface area contributed by atoms with E-state index in [-0.39, 0.29) is 16.3 Å². The van der Waals surface area contributed by atoms with Crippen LogP contribution in [0.4, 0.5) is 0 Å². The summed E-state index contributed by atoms with van der Waals surface area (Å²) in [5, 5.41) is 18.8. The summed E-state index contributed by atoms with van der Waals surface area (Å²) in [7, 11) is 0. The zero-order chi connectivity index (χ0) is 8.01. The molecule has 2 N–H and O–H groups in total. The molecule has 0 aromatic carbocycles. The first-order chi connectivity index (χ1) is 5.20. The topological polar surface area (TPSA) is 58.9 Å². The number of fused-ring (bicyclic) bond motifs is 2. The van der Waals surface area contributed by atoms with Crippen molar-refractivity contribution in [2.45, 2.75) is 28.5 Å². The van der Waals surface area contributed by atoms with Crippen molar-refractivity contribution >= 4 is 22.6 Å². The first-order valence-corrected chi connectivity index (χ1v) is 4.72. The third-order valence-electron chi connectivity index (χ3n) is 2.05. The summed E-state index contributed by atoms with van der Waals surface area (Å²) in [4.78, 5) is 0. The number of aliphatic hydroxyl groups is 2. The maximum Gasteiger partial charge on any atom is 0.172 e. The Hall–Kier alpha value is 0.570. The van der Waals surface area contributed by atoms with Gasteiger partial charge in [0.05, 0.1) is 16.6 Å². The fourth-order valence-electron chi connectivity index (χ4n) is 1.36. The van der Waals surface area contributed by atoms with E-state index in [0.29, 0.717) is 6.61 Å². The number of hydrogen-bond acceptors (Lipinski definition) is 4. The SMILES string of the molecule is OC1[C@H](I)C2OC[C@@H](O2)[C@H]1O. The lowest BCUT2D eigenvalue weighted by Gasteiger charge is -2.32. The lowest BCUT2D eigenvalue weighted by molar-refractivity contribution is -0.156. The highest BCUT2D eigenvalue weighted by atomic mass is 127. The number of alkyl halides is 1. The van der Waals surface area contributed by atoms with Gasteiger partial charge in [0.1, 0.15) is 12.2 Å². The maximum absolute atomic E-state index is 9.41. The van der Waals surface area contributed by atoms with E-state index in [9.17, 15) is 10.2 Å². The van der Waals surface area contributed by atoms with E-state index in [2.05, 4.69) is 0 Å². The zero-order valence-electron chi connectivity index (χ0n) is 5.68. The van der Waals surface area contributed by atoms with Crippen LogP contribution in [0.15, 0.2) is 0 Å². The molecule has 5 heteroatoms. The number of aliphatic hydroxyl groups excluding tert-OH is 2. The number of hydrogen-bond donors (Lipinski definition) is 2. The normalized spacial score (nSPS) is 56.5. The largest absolute Gasteiger partial charge is 0.389 e. The molecule has 2 aliphatic heterocycles. The third-order valence-corrected chi connectivity index (χ3v) is 3.37. The fraction of sp³-hybridized carbons (Fsp3) is 1.00. The van der Waals surface area contributed by atoms with Crippen LogP contribution in [0.1, 0.15) is 0 Å². The molecule has 0 spiro atoms. The molecule has 0 aromatic rings. The van der Waals surface area contributed by atoms with Gasteiger partial charge in [-0.15, -0.1) is 0 Å². The molecule has 0 saturated carbocycles. The highest BCUT2D eigenvalue weighted by molar-refractivity contribution is 14.1. The molecule has 2 fully saturated rings. The van der Waals surface area contributed by atoms with Crippen molar-refractivity contribution in [1.82, 2.24) is 0 Å². The molecule has 64 valence electrons. The summed E-state index contributed by atoms with van der Waals surface area (Å²) >= 11 is 2.03. The van der Waals surface area contributed by atoms with Gasteiger partial charge in [-0.05, 0) is 0 Å². The minimum Gasteiger partial charge on any atom is -0.389 e. The molecule has 11 heavy (non-hydrogen) atoms. The summed E-state index contributed by atoms with van der Waals surface area (Å²) in [6.07, 6.45) is -2.18. The van der Waals surface area contributed by atoms with Gasteiger partial charge in [-0.2, -0.15) is 0 Å². The van der Waals surface area contributed by atoms with Gasteiger partial charge in [0, 0.05) is 0 Å². The second-order valence-corrected chi connectivity index (χ2v) is 4.24. The van der Waals surface area contributed by atoms with Gasteiger partial charge in [0.25, 0.3) is 0 Å². The summed E-state index contributed by atoms with van der Waals surface area (Å²) < 4.78 is 10.3. The smallest absolute Gasteiger partial charge is 0.172 e. The van der Waals surface area contributed by atoms with E-state index in [1.54, 1.807) is 0 Å². The summed E-state index contributed by atoms with van der Waals surface area (Å²) in [6, 6.07) is 0. The van der Waals surface area contributed by atoms with Crippen LogP contribution in [0, 0.1) is 0 Å². The minimum atomic E-state index is -0.796. The van der Waals surface area contributed by atoms with Crippen LogP contribution in [0.5, 0.6) is 0 Å². The van der Waals surface area contributed by atoms with E-state index >= 15 is 0 Å². The summed E-state index contributed by atoms with van der Waals surface area (Å²) in [5.74, 6) is 0. The van der Waals surface area contributed by atoms with Crippen molar-refractivity contribution in [3.8, 4) is 0 Å². The Kier molecular flexibility index (Phi) is 2.09. The van der Waals surface area contributed by atoms with E-state index < -0.39 is 12.2 Å². The van der Waals surface area contributed by atoms with Gasteiger partial charge in [-0.3, -0.25) is 0 Å².